The summed E-state index contributed by atoms with van der Waals surface area (Å²) < 4.78 is 0. The summed E-state index contributed by atoms with van der Waals surface area (Å²) in [7, 11) is 0. The fraction of sp³-hybridized carbons (Fsp3) is 0.500. The van der Waals surface area contributed by atoms with E-state index in [0.29, 0.717) is 12.5 Å². The number of rotatable bonds is 4. The molecule has 0 aromatic heterocycles. The van der Waals surface area contributed by atoms with Gasteiger partial charge in [-0.1, -0.05) is 12.1 Å². The number of nitrogens with one attached hydrogen (secondary N) is 1. The third-order valence-corrected chi connectivity index (χ3v) is 3.52. The molecule has 2 rings (SSSR count). The number of hydrogen-bond acceptors (Lipinski definition) is 3. The molecule has 1 heterocycles. The van der Waals surface area contributed by atoms with Crippen molar-refractivity contribution in [3.63, 3.8) is 0 Å². The zero-order valence-electron chi connectivity index (χ0n) is 11.0. The molecule has 1 aromatic rings. The smallest absolute Gasteiger partial charge is 0.321 e. The molecular formula is C14H21N3O2. The monoisotopic (exact) mass is 263 g/mol. The summed E-state index contributed by atoms with van der Waals surface area (Å²) in [5.41, 5.74) is 7.35. The number of carbonyl (C=O) groups is 1. The van der Waals surface area contributed by atoms with Gasteiger partial charge < -0.3 is 21.1 Å². The summed E-state index contributed by atoms with van der Waals surface area (Å²) in [6.45, 7) is 2.14. The van der Waals surface area contributed by atoms with Crippen molar-refractivity contribution < 1.29 is 9.90 Å². The van der Waals surface area contributed by atoms with Crippen LogP contribution in [0, 0.1) is 5.92 Å². The van der Waals surface area contributed by atoms with E-state index in [9.17, 15) is 4.79 Å². The highest BCUT2D eigenvalue weighted by molar-refractivity contribution is 5.89. The van der Waals surface area contributed by atoms with Gasteiger partial charge in [-0.25, -0.2) is 4.79 Å². The molecule has 0 bridgehead atoms. The van der Waals surface area contributed by atoms with Crippen LogP contribution in [0.4, 0.5) is 10.5 Å². The highest BCUT2D eigenvalue weighted by Crippen LogP contribution is 2.20. The van der Waals surface area contributed by atoms with E-state index < -0.39 is 0 Å². The number of amides is 2. The van der Waals surface area contributed by atoms with Gasteiger partial charge in [-0.05, 0) is 36.5 Å². The average Bonchev–Trinajstić information content (AvgIpc) is 2.88. The van der Waals surface area contributed by atoms with E-state index in [1.807, 2.05) is 24.3 Å². The van der Waals surface area contributed by atoms with Crippen LogP contribution in [0.1, 0.15) is 18.4 Å². The van der Waals surface area contributed by atoms with Crippen LogP contribution in [0.3, 0.4) is 0 Å². The Morgan fingerprint density at radius 3 is 3.11 bits per heavy atom. The highest BCUT2D eigenvalue weighted by atomic mass is 16.3. The van der Waals surface area contributed by atoms with Gasteiger partial charge in [0.2, 0.25) is 0 Å². The van der Waals surface area contributed by atoms with Gasteiger partial charge in [0.1, 0.15) is 0 Å². The number of urea groups is 1. The Hall–Kier alpha value is -1.59. The molecular weight excluding hydrogens is 242 g/mol. The predicted octanol–water partition coefficient (Wildman–Crippen LogP) is 1.38. The molecule has 4 N–H and O–H groups in total. The van der Waals surface area contributed by atoms with Crippen LogP contribution in [0.2, 0.25) is 0 Å². The number of aliphatic hydroxyl groups excluding tert-OH is 1. The van der Waals surface area contributed by atoms with Crippen molar-refractivity contribution in [3.8, 4) is 0 Å². The number of aliphatic hydroxyl groups is 1. The molecule has 19 heavy (non-hydrogen) atoms. The molecule has 1 atom stereocenters. The number of likely N-dealkylation sites (tertiary alicyclic amines) is 1. The molecule has 104 valence electrons. The Balaban J connectivity index is 1.90. The molecule has 5 heteroatoms. The maximum atomic E-state index is 12.1. The Morgan fingerprint density at radius 1 is 1.53 bits per heavy atom. The van der Waals surface area contributed by atoms with Crippen LogP contribution in [-0.2, 0) is 6.54 Å². The minimum absolute atomic E-state index is 0.0744. The lowest BCUT2D eigenvalue weighted by atomic mass is 10.1. The molecule has 0 spiro atoms. The van der Waals surface area contributed by atoms with E-state index in [-0.39, 0.29) is 12.6 Å². The van der Waals surface area contributed by atoms with Crippen molar-refractivity contribution >= 4 is 11.7 Å². The van der Waals surface area contributed by atoms with Gasteiger partial charge in [-0.2, -0.15) is 0 Å². The van der Waals surface area contributed by atoms with Crippen molar-refractivity contribution in [2.24, 2.45) is 11.7 Å². The third-order valence-electron chi connectivity index (χ3n) is 3.52. The first-order valence-corrected chi connectivity index (χ1v) is 6.68. The van der Waals surface area contributed by atoms with Gasteiger partial charge in [0.05, 0.1) is 0 Å². The maximum absolute atomic E-state index is 12.1. The van der Waals surface area contributed by atoms with Crippen LogP contribution in [-0.4, -0.2) is 35.7 Å². The minimum atomic E-state index is -0.0744. The normalized spacial score (nSPS) is 18.6. The molecule has 1 aromatic carbocycles. The quantitative estimate of drug-likeness (QED) is 0.768. The van der Waals surface area contributed by atoms with E-state index in [1.54, 1.807) is 4.90 Å². The summed E-state index contributed by atoms with van der Waals surface area (Å²) >= 11 is 0. The zero-order valence-corrected chi connectivity index (χ0v) is 11.0. The molecule has 2 amide bonds. The number of hydrogen-bond donors (Lipinski definition) is 3. The molecule has 1 aliphatic rings. The second-order valence-electron chi connectivity index (χ2n) is 4.95. The molecule has 1 unspecified atom stereocenters. The van der Waals surface area contributed by atoms with E-state index in [4.69, 9.17) is 10.8 Å². The lowest BCUT2D eigenvalue weighted by molar-refractivity contribution is 0.217. The predicted molar refractivity (Wildman–Crippen MR) is 74.7 cm³/mol. The molecule has 1 saturated heterocycles. The van der Waals surface area contributed by atoms with Gasteiger partial charge in [-0.15, -0.1) is 0 Å². The fourth-order valence-electron chi connectivity index (χ4n) is 2.41. The summed E-state index contributed by atoms with van der Waals surface area (Å²) in [4.78, 5) is 13.9. The first-order chi connectivity index (χ1) is 9.22. The average molecular weight is 263 g/mol. The Kier molecular flexibility index (Phi) is 4.76. The van der Waals surface area contributed by atoms with Crippen LogP contribution < -0.4 is 11.1 Å². The van der Waals surface area contributed by atoms with Crippen LogP contribution in [0.5, 0.6) is 0 Å². The standard InChI is InChI=1S/C14H21N3O2/c15-9-12-2-1-3-13(8-12)16-14(19)17-6-4-11(10-17)5-7-18/h1-3,8,11,18H,4-7,9-10,15H2,(H,16,19). The number of anilines is 1. The molecule has 1 fully saturated rings. The summed E-state index contributed by atoms with van der Waals surface area (Å²) in [6.07, 6.45) is 1.74. The van der Waals surface area contributed by atoms with Crippen molar-refractivity contribution in [3.05, 3.63) is 29.8 Å². The highest BCUT2D eigenvalue weighted by Gasteiger charge is 2.25. The van der Waals surface area contributed by atoms with E-state index >= 15 is 0 Å². The topological polar surface area (TPSA) is 78.6 Å². The van der Waals surface area contributed by atoms with Crippen LogP contribution in [0.25, 0.3) is 0 Å². The molecule has 0 radical (unpaired) electrons. The number of nitrogens with two attached hydrogens (primary N) is 1. The largest absolute Gasteiger partial charge is 0.396 e. The number of benzene rings is 1. The van der Waals surface area contributed by atoms with Crippen LogP contribution >= 0.6 is 0 Å². The number of nitrogens with zero attached hydrogens (tertiary/aromatic N) is 1. The van der Waals surface area contributed by atoms with E-state index in [1.165, 1.54) is 0 Å². The van der Waals surface area contributed by atoms with Crippen molar-refractivity contribution in [2.75, 3.05) is 25.0 Å². The summed E-state index contributed by atoms with van der Waals surface area (Å²) in [6, 6.07) is 7.49. The van der Waals surface area contributed by atoms with Gasteiger partial charge in [-0.3, -0.25) is 0 Å². The van der Waals surface area contributed by atoms with Crippen LogP contribution in [0.15, 0.2) is 24.3 Å². The second kappa shape index (κ2) is 6.54. The second-order valence-corrected chi connectivity index (χ2v) is 4.95. The number of carbonyl (C=O) groups excluding carboxylic acids is 1. The molecule has 5 nitrogen and oxygen atoms in total. The SMILES string of the molecule is NCc1cccc(NC(=O)N2CCC(CCO)C2)c1. The first kappa shape index (κ1) is 13.8. The van der Waals surface area contributed by atoms with Gasteiger partial charge in [0.15, 0.2) is 0 Å². The lowest BCUT2D eigenvalue weighted by Gasteiger charge is -2.17. The Morgan fingerprint density at radius 2 is 2.37 bits per heavy atom. The summed E-state index contributed by atoms with van der Waals surface area (Å²) in [5, 5.41) is 11.8. The molecule has 0 saturated carbocycles. The molecule has 0 aliphatic carbocycles. The molecule has 1 aliphatic heterocycles. The lowest BCUT2D eigenvalue weighted by Crippen LogP contribution is -2.33. The van der Waals surface area contributed by atoms with Gasteiger partial charge >= 0.3 is 6.03 Å². The first-order valence-electron chi connectivity index (χ1n) is 6.68. The Labute approximate surface area is 113 Å². The van der Waals surface area contributed by atoms with E-state index in [2.05, 4.69) is 5.32 Å². The van der Waals surface area contributed by atoms with E-state index in [0.717, 1.165) is 37.2 Å². The fourth-order valence-corrected chi connectivity index (χ4v) is 2.41. The zero-order chi connectivity index (χ0) is 13.7. The van der Waals surface area contributed by atoms with Crippen molar-refractivity contribution in [2.45, 2.75) is 19.4 Å². The summed E-state index contributed by atoms with van der Waals surface area (Å²) in [5.74, 6) is 0.422. The minimum Gasteiger partial charge on any atom is -0.396 e. The Bertz CT molecular complexity index is 436. The van der Waals surface area contributed by atoms with Crippen molar-refractivity contribution in [1.29, 1.82) is 0 Å². The van der Waals surface area contributed by atoms with Crippen molar-refractivity contribution in [1.82, 2.24) is 4.90 Å². The van der Waals surface area contributed by atoms with Gasteiger partial charge in [0, 0.05) is 31.9 Å². The van der Waals surface area contributed by atoms with Gasteiger partial charge in [0.25, 0.3) is 0 Å². The third kappa shape index (κ3) is 3.68. The maximum Gasteiger partial charge on any atom is 0.321 e.